The molecule has 0 amide bonds. The summed E-state index contributed by atoms with van der Waals surface area (Å²) in [6.45, 7) is 10.6. The first-order chi connectivity index (χ1) is 9.96. The number of rotatable bonds is 7. The molecule has 0 aromatic heterocycles. The summed E-state index contributed by atoms with van der Waals surface area (Å²) in [7, 11) is 0.345. The molecule has 2 N–H and O–H groups in total. The van der Waals surface area contributed by atoms with Gasteiger partial charge in [-0.25, -0.2) is 0 Å². The van der Waals surface area contributed by atoms with Gasteiger partial charge in [0.15, 0.2) is 0 Å². The van der Waals surface area contributed by atoms with Crippen molar-refractivity contribution in [1.82, 2.24) is 0 Å². The largest absolute Gasteiger partial charge is 0.497 e. The molecule has 0 radical (unpaired) electrons. The summed E-state index contributed by atoms with van der Waals surface area (Å²) in [6.07, 6.45) is 0.00540. The van der Waals surface area contributed by atoms with Crippen molar-refractivity contribution in [3.05, 3.63) is 18.2 Å². The second-order valence-electron chi connectivity index (χ2n) is 6.65. The van der Waals surface area contributed by atoms with Crippen LogP contribution in [0.1, 0.15) is 41.5 Å². The van der Waals surface area contributed by atoms with Crippen molar-refractivity contribution in [3.63, 3.8) is 0 Å². The van der Waals surface area contributed by atoms with E-state index in [0.717, 1.165) is 0 Å². The van der Waals surface area contributed by atoms with E-state index in [-0.39, 0.29) is 6.10 Å². The van der Waals surface area contributed by atoms with Crippen molar-refractivity contribution in [1.29, 1.82) is 0 Å². The van der Waals surface area contributed by atoms with Gasteiger partial charge in [0.2, 0.25) is 0 Å². The Morgan fingerprint density at radius 2 is 1.59 bits per heavy atom. The Kier molecular flexibility index (Phi) is 5.90. The third-order valence-electron chi connectivity index (χ3n) is 3.67. The molecule has 0 atom stereocenters. The summed E-state index contributed by atoms with van der Waals surface area (Å²) < 4.78 is 16.5. The van der Waals surface area contributed by atoms with Crippen LogP contribution < -0.4 is 14.9 Å². The van der Waals surface area contributed by atoms with Gasteiger partial charge in [-0.1, -0.05) is 0 Å². The molecule has 124 valence electrons. The van der Waals surface area contributed by atoms with Gasteiger partial charge >= 0.3 is 7.12 Å². The highest BCUT2D eigenvalue weighted by molar-refractivity contribution is 6.60. The van der Waals surface area contributed by atoms with Crippen LogP contribution in [-0.4, -0.2) is 41.7 Å². The number of benzene rings is 1. The van der Waals surface area contributed by atoms with Crippen molar-refractivity contribution in [3.8, 4) is 11.5 Å². The van der Waals surface area contributed by atoms with Crippen molar-refractivity contribution in [2.75, 3.05) is 7.11 Å². The lowest BCUT2D eigenvalue weighted by atomic mass is 9.76. The molecule has 6 heteroatoms. The Bertz CT molecular complexity index is 494. The van der Waals surface area contributed by atoms with Crippen LogP contribution in [0.2, 0.25) is 0 Å². The first-order valence-electron chi connectivity index (χ1n) is 7.40. The van der Waals surface area contributed by atoms with Crippen LogP contribution in [-0.2, 0) is 4.65 Å². The number of aliphatic hydroxyl groups is 1. The third kappa shape index (κ3) is 4.90. The van der Waals surface area contributed by atoms with Gasteiger partial charge in [-0.2, -0.15) is 0 Å². The molecule has 1 rings (SSSR count). The van der Waals surface area contributed by atoms with Crippen LogP contribution >= 0.6 is 0 Å². The van der Waals surface area contributed by atoms with Crippen LogP contribution in [0.3, 0.4) is 0 Å². The minimum absolute atomic E-state index is 0.00540. The fraction of sp³-hybridized carbons (Fsp3) is 0.625. The molecule has 0 heterocycles. The predicted molar refractivity (Wildman–Crippen MR) is 87.8 cm³/mol. The molecule has 0 saturated heterocycles. The SMILES string of the molecule is COc1cc(OC(C)C)cc(B(O)OC(C)(C)C(C)(C)O)c1. The maximum Gasteiger partial charge on any atom is 0.491 e. The number of ether oxygens (including phenoxy) is 2. The van der Waals surface area contributed by atoms with E-state index in [1.807, 2.05) is 13.8 Å². The van der Waals surface area contributed by atoms with Gasteiger partial charge in [-0.05, 0) is 59.1 Å². The number of methoxy groups -OCH3 is 1. The Hall–Kier alpha value is -1.24. The summed E-state index contributed by atoms with van der Waals surface area (Å²) in [4.78, 5) is 0. The lowest BCUT2D eigenvalue weighted by Gasteiger charge is -2.38. The summed E-state index contributed by atoms with van der Waals surface area (Å²) in [5.41, 5.74) is -1.54. The second kappa shape index (κ2) is 6.90. The topological polar surface area (TPSA) is 68.2 Å². The molecule has 0 aliphatic heterocycles. The zero-order valence-electron chi connectivity index (χ0n) is 14.5. The minimum atomic E-state index is -1.20. The van der Waals surface area contributed by atoms with Crippen molar-refractivity contribution in [2.45, 2.75) is 58.8 Å². The van der Waals surface area contributed by atoms with E-state index in [1.54, 1.807) is 53.0 Å². The van der Waals surface area contributed by atoms with Crippen LogP contribution in [0, 0.1) is 0 Å². The van der Waals surface area contributed by atoms with Gasteiger partial charge in [-0.15, -0.1) is 0 Å². The minimum Gasteiger partial charge on any atom is -0.497 e. The quantitative estimate of drug-likeness (QED) is 0.751. The zero-order valence-corrected chi connectivity index (χ0v) is 14.5. The first kappa shape index (κ1) is 18.8. The average Bonchev–Trinajstić information content (AvgIpc) is 2.35. The number of hydrogen-bond acceptors (Lipinski definition) is 5. The number of hydrogen-bond donors (Lipinski definition) is 2. The fourth-order valence-electron chi connectivity index (χ4n) is 1.69. The lowest BCUT2D eigenvalue weighted by molar-refractivity contribution is -0.0982. The summed E-state index contributed by atoms with van der Waals surface area (Å²) in [6, 6.07) is 5.13. The van der Waals surface area contributed by atoms with Gasteiger partial charge < -0.3 is 24.3 Å². The standard InChI is InChI=1S/C16H27BO5/c1-11(2)21-14-9-12(8-13(10-14)20-7)17(19)22-16(5,6)15(3,4)18/h8-11,18-19H,1-7H3. The van der Waals surface area contributed by atoms with E-state index >= 15 is 0 Å². The van der Waals surface area contributed by atoms with Gasteiger partial charge in [0.25, 0.3) is 0 Å². The van der Waals surface area contributed by atoms with Crippen LogP contribution in [0.25, 0.3) is 0 Å². The Labute approximate surface area is 133 Å². The molecular weight excluding hydrogens is 283 g/mol. The average molecular weight is 310 g/mol. The highest BCUT2D eigenvalue weighted by Gasteiger charge is 2.39. The smallest absolute Gasteiger partial charge is 0.491 e. The maximum atomic E-state index is 10.4. The molecule has 0 spiro atoms. The summed E-state index contributed by atoms with van der Waals surface area (Å²) >= 11 is 0. The summed E-state index contributed by atoms with van der Waals surface area (Å²) in [5, 5.41) is 20.5. The molecule has 22 heavy (non-hydrogen) atoms. The van der Waals surface area contributed by atoms with E-state index in [4.69, 9.17) is 14.1 Å². The molecule has 1 aromatic rings. The monoisotopic (exact) mass is 310 g/mol. The molecule has 0 bridgehead atoms. The van der Waals surface area contributed by atoms with Gasteiger partial charge in [-0.3, -0.25) is 0 Å². The predicted octanol–water partition coefficient (Wildman–Crippen LogP) is 1.74. The Balaban J connectivity index is 3.04. The van der Waals surface area contributed by atoms with E-state index in [2.05, 4.69) is 0 Å². The molecular formula is C16H27BO5. The third-order valence-corrected chi connectivity index (χ3v) is 3.67. The lowest BCUT2D eigenvalue weighted by Crippen LogP contribution is -2.53. The molecule has 0 aliphatic rings. The van der Waals surface area contributed by atoms with Gasteiger partial charge in [0, 0.05) is 6.07 Å². The van der Waals surface area contributed by atoms with Crippen molar-refractivity contribution >= 4 is 12.6 Å². The van der Waals surface area contributed by atoms with E-state index < -0.39 is 18.3 Å². The van der Waals surface area contributed by atoms with E-state index in [0.29, 0.717) is 17.0 Å². The zero-order chi connectivity index (χ0) is 17.1. The maximum absolute atomic E-state index is 10.4. The van der Waals surface area contributed by atoms with Crippen LogP contribution in [0.5, 0.6) is 11.5 Å². The fourth-order valence-corrected chi connectivity index (χ4v) is 1.69. The van der Waals surface area contributed by atoms with Crippen molar-refractivity contribution in [2.24, 2.45) is 0 Å². The highest BCUT2D eigenvalue weighted by Crippen LogP contribution is 2.26. The Morgan fingerprint density at radius 3 is 2.05 bits per heavy atom. The molecule has 1 aromatic carbocycles. The first-order valence-corrected chi connectivity index (χ1v) is 7.40. The molecule has 0 unspecified atom stereocenters. The summed E-state index contributed by atoms with van der Waals surface area (Å²) in [5.74, 6) is 1.16. The van der Waals surface area contributed by atoms with Crippen LogP contribution in [0.15, 0.2) is 18.2 Å². The normalized spacial score (nSPS) is 12.5. The van der Waals surface area contributed by atoms with Crippen molar-refractivity contribution < 1.29 is 24.3 Å². The molecule has 0 saturated carbocycles. The molecule has 0 aliphatic carbocycles. The highest BCUT2D eigenvalue weighted by atomic mass is 16.5. The second-order valence-corrected chi connectivity index (χ2v) is 6.65. The molecule has 0 fully saturated rings. The van der Waals surface area contributed by atoms with E-state index in [9.17, 15) is 10.1 Å². The van der Waals surface area contributed by atoms with Gasteiger partial charge in [0.1, 0.15) is 11.5 Å². The van der Waals surface area contributed by atoms with E-state index in [1.165, 1.54) is 0 Å². The van der Waals surface area contributed by atoms with Gasteiger partial charge in [0.05, 0.1) is 24.4 Å². The molecule has 5 nitrogen and oxygen atoms in total. The van der Waals surface area contributed by atoms with Crippen LogP contribution in [0.4, 0.5) is 0 Å². The Morgan fingerprint density at radius 1 is 1.05 bits per heavy atom.